The minimum atomic E-state index is -3.41. The van der Waals surface area contributed by atoms with Gasteiger partial charge in [-0.25, -0.2) is 8.42 Å². The molecule has 0 aliphatic rings. The second-order valence-corrected chi connectivity index (χ2v) is 5.73. The monoisotopic (exact) mass is 264 g/mol. The van der Waals surface area contributed by atoms with Crippen LogP contribution in [0.4, 0.5) is 0 Å². The molecule has 0 radical (unpaired) electrons. The molecule has 0 spiro atoms. The van der Waals surface area contributed by atoms with Crippen LogP contribution in [0.15, 0.2) is 36.9 Å². The molecule has 0 bridgehead atoms. The highest BCUT2D eigenvalue weighted by Crippen LogP contribution is 2.14. The van der Waals surface area contributed by atoms with Gasteiger partial charge in [-0.2, -0.15) is 9.57 Å². The molecule has 18 heavy (non-hydrogen) atoms. The summed E-state index contributed by atoms with van der Waals surface area (Å²) in [4.78, 5) is 0. The normalized spacial score (nSPS) is 11.2. The zero-order valence-corrected chi connectivity index (χ0v) is 11.2. The minimum Gasteiger partial charge on any atom is -0.212 e. The highest BCUT2D eigenvalue weighted by Gasteiger charge is 2.20. The van der Waals surface area contributed by atoms with E-state index in [0.29, 0.717) is 17.7 Å². The zero-order valence-electron chi connectivity index (χ0n) is 10.3. The number of hydrogen-bond donors (Lipinski definition) is 0. The van der Waals surface area contributed by atoms with E-state index in [2.05, 4.69) is 6.58 Å². The number of rotatable bonds is 6. The van der Waals surface area contributed by atoms with Crippen LogP contribution in [-0.2, 0) is 15.8 Å². The van der Waals surface area contributed by atoms with Crippen molar-refractivity contribution in [3.05, 3.63) is 48.0 Å². The van der Waals surface area contributed by atoms with E-state index in [0.717, 1.165) is 0 Å². The summed E-state index contributed by atoms with van der Waals surface area (Å²) in [6.07, 6.45) is 1.55. The Labute approximate surface area is 108 Å². The predicted molar refractivity (Wildman–Crippen MR) is 71.2 cm³/mol. The quantitative estimate of drug-likeness (QED) is 0.737. The summed E-state index contributed by atoms with van der Waals surface area (Å²) >= 11 is 0. The van der Waals surface area contributed by atoms with E-state index in [4.69, 9.17) is 5.26 Å². The van der Waals surface area contributed by atoms with Crippen molar-refractivity contribution in [2.45, 2.75) is 12.7 Å². The van der Waals surface area contributed by atoms with Crippen LogP contribution in [0.3, 0.4) is 0 Å². The smallest absolute Gasteiger partial charge is 0.212 e. The number of likely N-dealkylation sites (N-methyl/N-ethyl adjacent to an activating group) is 1. The van der Waals surface area contributed by atoms with Crippen molar-refractivity contribution >= 4 is 10.0 Å². The lowest BCUT2D eigenvalue weighted by molar-refractivity contribution is 0.459. The fraction of sp³-hybridized carbons (Fsp3) is 0.308. The molecule has 0 saturated heterocycles. The number of sulfonamides is 1. The third-order valence-electron chi connectivity index (χ3n) is 2.55. The standard InChI is InChI=1S/C13H16N2O2S/c1-3-9-15(4-2)18(16,17)11-13-8-6-5-7-12(13)10-14/h3,5-8H,1,4,9,11H2,2H3. The molecule has 0 N–H and O–H groups in total. The lowest BCUT2D eigenvalue weighted by Gasteiger charge is -2.18. The summed E-state index contributed by atoms with van der Waals surface area (Å²) in [5.41, 5.74) is 0.929. The Hall–Kier alpha value is -1.64. The largest absolute Gasteiger partial charge is 0.218 e. The van der Waals surface area contributed by atoms with Gasteiger partial charge in [-0.15, -0.1) is 6.58 Å². The molecule has 0 amide bonds. The van der Waals surface area contributed by atoms with E-state index in [9.17, 15) is 8.42 Å². The van der Waals surface area contributed by atoms with Crippen LogP contribution in [0, 0.1) is 11.3 Å². The van der Waals surface area contributed by atoms with E-state index in [-0.39, 0.29) is 12.3 Å². The molecule has 4 nitrogen and oxygen atoms in total. The SMILES string of the molecule is C=CCN(CC)S(=O)(=O)Cc1ccccc1C#N. The Morgan fingerprint density at radius 1 is 1.44 bits per heavy atom. The van der Waals surface area contributed by atoms with Crippen molar-refractivity contribution in [1.82, 2.24) is 4.31 Å². The van der Waals surface area contributed by atoms with Crippen LogP contribution in [-0.4, -0.2) is 25.8 Å². The van der Waals surface area contributed by atoms with E-state index >= 15 is 0 Å². The molecule has 0 aromatic heterocycles. The fourth-order valence-electron chi connectivity index (χ4n) is 1.63. The van der Waals surface area contributed by atoms with Gasteiger partial charge in [0.25, 0.3) is 0 Å². The summed E-state index contributed by atoms with van der Waals surface area (Å²) in [6, 6.07) is 8.74. The van der Waals surface area contributed by atoms with Crippen molar-refractivity contribution in [3.8, 4) is 6.07 Å². The minimum absolute atomic E-state index is 0.154. The summed E-state index contributed by atoms with van der Waals surface area (Å²) < 4.78 is 25.7. The van der Waals surface area contributed by atoms with Crippen LogP contribution >= 0.6 is 0 Å². The van der Waals surface area contributed by atoms with Crippen LogP contribution in [0.5, 0.6) is 0 Å². The molecular weight excluding hydrogens is 248 g/mol. The Bertz CT molecular complexity index is 559. The van der Waals surface area contributed by atoms with Gasteiger partial charge >= 0.3 is 0 Å². The summed E-state index contributed by atoms with van der Waals surface area (Å²) in [5.74, 6) is -0.154. The molecule has 0 atom stereocenters. The third-order valence-corrected chi connectivity index (χ3v) is 4.42. The topological polar surface area (TPSA) is 61.2 Å². The first kappa shape index (κ1) is 14.4. The maximum absolute atomic E-state index is 12.2. The van der Waals surface area contributed by atoms with Gasteiger partial charge in [0, 0.05) is 13.1 Å². The Kier molecular flexibility index (Phi) is 5.08. The van der Waals surface area contributed by atoms with Gasteiger partial charge in [0.1, 0.15) is 0 Å². The van der Waals surface area contributed by atoms with Crippen molar-refractivity contribution in [3.63, 3.8) is 0 Å². The molecule has 0 aliphatic carbocycles. The van der Waals surface area contributed by atoms with Gasteiger partial charge in [-0.05, 0) is 11.6 Å². The number of hydrogen-bond acceptors (Lipinski definition) is 3. The second kappa shape index (κ2) is 6.34. The molecule has 1 aromatic rings. The molecule has 0 aliphatic heterocycles. The Morgan fingerprint density at radius 2 is 2.11 bits per heavy atom. The number of nitrogens with zero attached hydrogens (tertiary/aromatic N) is 2. The Morgan fingerprint density at radius 3 is 2.67 bits per heavy atom. The first-order chi connectivity index (χ1) is 8.55. The molecule has 96 valence electrons. The molecule has 0 saturated carbocycles. The Balaban J connectivity index is 3.02. The van der Waals surface area contributed by atoms with Crippen LogP contribution in [0.1, 0.15) is 18.1 Å². The molecule has 0 fully saturated rings. The van der Waals surface area contributed by atoms with E-state index in [1.807, 2.05) is 6.07 Å². The van der Waals surface area contributed by atoms with Crippen molar-refractivity contribution in [2.75, 3.05) is 13.1 Å². The zero-order chi connectivity index (χ0) is 13.6. The third kappa shape index (κ3) is 3.42. The van der Waals surface area contributed by atoms with Crippen LogP contribution in [0.2, 0.25) is 0 Å². The van der Waals surface area contributed by atoms with Gasteiger partial charge in [0.2, 0.25) is 10.0 Å². The number of benzene rings is 1. The van der Waals surface area contributed by atoms with Crippen LogP contribution in [0.25, 0.3) is 0 Å². The maximum atomic E-state index is 12.2. The highest BCUT2D eigenvalue weighted by atomic mass is 32.2. The van der Waals surface area contributed by atoms with Crippen molar-refractivity contribution in [2.24, 2.45) is 0 Å². The fourth-order valence-corrected chi connectivity index (χ4v) is 3.18. The van der Waals surface area contributed by atoms with E-state index in [1.54, 1.807) is 37.3 Å². The summed E-state index contributed by atoms with van der Waals surface area (Å²) in [6.45, 7) is 6.00. The van der Waals surface area contributed by atoms with Crippen molar-refractivity contribution < 1.29 is 8.42 Å². The van der Waals surface area contributed by atoms with Gasteiger partial charge in [0.15, 0.2) is 0 Å². The predicted octanol–water partition coefficient (Wildman–Crippen LogP) is 1.90. The average Bonchev–Trinajstić information content (AvgIpc) is 2.35. The molecule has 0 heterocycles. The molecule has 0 unspecified atom stereocenters. The first-order valence-electron chi connectivity index (χ1n) is 5.62. The van der Waals surface area contributed by atoms with Gasteiger partial charge in [-0.3, -0.25) is 0 Å². The van der Waals surface area contributed by atoms with Gasteiger partial charge in [-0.1, -0.05) is 31.2 Å². The van der Waals surface area contributed by atoms with Gasteiger partial charge in [0.05, 0.1) is 17.4 Å². The van der Waals surface area contributed by atoms with Crippen molar-refractivity contribution in [1.29, 1.82) is 5.26 Å². The lowest BCUT2D eigenvalue weighted by atomic mass is 10.1. The number of nitriles is 1. The summed E-state index contributed by atoms with van der Waals surface area (Å²) in [5, 5.41) is 8.94. The molecule has 5 heteroatoms. The lowest BCUT2D eigenvalue weighted by Crippen LogP contribution is -2.32. The molecular formula is C13H16N2O2S. The first-order valence-corrected chi connectivity index (χ1v) is 7.22. The van der Waals surface area contributed by atoms with Crippen LogP contribution < -0.4 is 0 Å². The average molecular weight is 264 g/mol. The maximum Gasteiger partial charge on any atom is 0.218 e. The van der Waals surface area contributed by atoms with Gasteiger partial charge < -0.3 is 0 Å². The second-order valence-electron chi connectivity index (χ2n) is 3.76. The van der Waals surface area contributed by atoms with E-state index in [1.165, 1.54) is 4.31 Å². The molecule has 1 aromatic carbocycles. The molecule has 1 rings (SSSR count). The highest BCUT2D eigenvalue weighted by molar-refractivity contribution is 7.88. The van der Waals surface area contributed by atoms with E-state index < -0.39 is 10.0 Å². The summed E-state index contributed by atoms with van der Waals surface area (Å²) in [7, 11) is -3.41.